The number of fused-ring (bicyclic) bond motifs is 1. The molecule has 2 saturated heterocycles. The third-order valence-electron chi connectivity index (χ3n) is 9.91. The molecular formula is C37H43ClN7O3+. The van der Waals surface area contributed by atoms with E-state index in [1.807, 2.05) is 63.0 Å². The van der Waals surface area contributed by atoms with Crippen molar-refractivity contribution in [3.63, 3.8) is 0 Å². The zero-order valence-electron chi connectivity index (χ0n) is 27.4. The molecule has 1 atom stereocenters. The Labute approximate surface area is 287 Å². The van der Waals surface area contributed by atoms with E-state index >= 15 is 0 Å². The predicted octanol–water partition coefficient (Wildman–Crippen LogP) is 3.71. The van der Waals surface area contributed by atoms with Gasteiger partial charge in [0.15, 0.2) is 12.4 Å². The molecule has 0 aliphatic carbocycles. The number of carbonyl (C=O) groups excluding carboxylic acids is 3. The van der Waals surface area contributed by atoms with Gasteiger partial charge < -0.3 is 30.7 Å². The number of aryl methyl sites for hydroxylation is 1. The van der Waals surface area contributed by atoms with E-state index in [0.29, 0.717) is 81.3 Å². The molecule has 3 N–H and O–H groups in total. The van der Waals surface area contributed by atoms with Crippen LogP contribution in [0.4, 0.5) is 21.9 Å². The lowest BCUT2D eigenvalue weighted by Crippen LogP contribution is -2.52. The van der Waals surface area contributed by atoms with E-state index in [0.717, 1.165) is 28.9 Å². The van der Waals surface area contributed by atoms with Crippen molar-refractivity contribution < 1.29 is 19.0 Å². The first-order valence-corrected chi connectivity index (χ1v) is 17.0. The number of benzene rings is 2. The quantitative estimate of drug-likeness (QED) is 0.227. The monoisotopic (exact) mass is 668 g/mol. The van der Waals surface area contributed by atoms with E-state index in [2.05, 4.69) is 28.3 Å². The van der Waals surface area contributed by atoms with Gasteiger partial charge in [0.2, 0.25) is 11.8 Å². The molecule has 3 aliphatic heterocycles. The Balaban J connectivity index is 1.11. The average molecular weight is 669 g/mol. The number of pyridine rings is 1. The molecule has 48 heavy (non-hydrogen) atoms. The molecule has 0 saturated carbocycles. The molecule has 0 spiro atoms. The highest BCUT2D eigenvalue weighted by atomic mass is 35.5. The first-order chi connectivity index (χ1) is 23.2. The number of piperidine rings is 1. The number of aromatic nitrogens is 1. The van der Waals surface area contributed by atoms with Crippen LogP contribution in [-0.2, 0) is 29.5 Å². The van der Waals surface area contributed by atoms with Crippen molar-refractivity contribution in [1.29, 1.82) is 0 Å². The molecule has 3 aliphatic rings. The molecule has 2 fully saturated rings. The van der Waals surface area contributed by atoms with Crippen molar-refractivity contribution in [1.82, 2.24) is 14.7 Å². The van der Waals surface area contributed by atoms with Gasteiger partial charge in [-0.25, -0.2) is 9.36 Å². The minimum Gasteiger partial charge on any atom is -0.397 e. The van der Waals surface area contributed by atoms with Crippen LogP contribution in [0.15, 0.2) is 60.9 Å². The van der Waals surface area contributed by atoms with Crippen molar-refractivity contribution in [3.8, 4) is 12.3 Å². The highest BCUT2D eigenvalue weighted by Crippen LogP contribution is 2.29. The van der Waals surface area contributed by atoms with Crippen molar-refractivity contribution in [2.75, 3.05) is 61.8 Å². The van der Waals surface area contributed by atoms with Crippen LogP contribution in [0, 0.1) is 18.3 Å². The number of nitrogen functional groups attached to an aromatic ring is 1. The Morgan fingerprint density at radius 1 is 1.02 bits per heavy atom. The van der Waals surface area contributed by atoms with Gasteiger partial charge in [0, 0.05) is 87.3 Å². The van der Waals surface area contributed by atoms with Crippen LogP contribution in [0.5, 0.6) is 0 Å². The summed E-state index contributed by atoms with van der Waals surface area (Å²) in [5.74, 6) is 1.89. The molecular weight excluding hydrogens is 626 g/mol. The van der Waals surface area contributed by atoms with Gasteiger partial charge >= 0.3 is 6.03 Å². The van der Waals surface area contributed by atoms with Crippen molar-refractivity contribution in [2.45, 2.75) is 38.1 Å². The Bertz CT molecular complexity index is 1710. The lowest BCUT2D eigenvalue weighted by atomic mass is 9.92. The van der Waals surface area contributed by atoms with Crippen LogP contribution in [0.3, 0.4) is 0 Å². The van der Waals surface area contributed by atoms with Gasteiger partial charge in [-0.05, 0) is 55.0 Å². The van der Waals surface area contributed by atoms with Crippen LogP contribution in [0.25, 0.3) is 0 Å². The maximum Gasteiger partial charge on any atom is 0.322 e. The molecule has 3 aromatic rings. The fraction of sp³-hybridized carbons (Fsp3) is 0.405. The second-order valence-electron chi connectivity index (χ2n) is 13.0. The Morgan fingerprint density at radius 2 is 1.73 bits per heavy atom. The Morgan fingerprint density at radius 3 is 2.44 bits per heavy atom. The van der Waals surface area contributed by atoms with Gasteiger partial charge in [0.25, 0.3) is 0 Å². The maximum atomic E-state index is 14.1. The standard InChI is InChI=1S/C37H42ClN7O3/c1-3-27-22-26(24-32(38)35(27)39)23-29(36(47)44-20-18-42(19-21-44)30-9-13-41(2)14-10-30)25-34(46)43-15-11-31(12-16-43)45-17-8-28-6-4-5-7-33(28)40-37(45)48/h1,4-7,9-10,13-14,22,24,29,31H,8,11-12,15-21,23,25,39H2,2H3/p+1/t29-/m0/s1. The van der Waals surface area contributed by atoms with E-state index < -0.39 is 5.92 Å². The summed E-state index contributed by atoms with van der Waals surface area (Å²) in [4.78, 5) is 48.9. The molecule has 6 rings (SSSR count). The van der Waals surface area contributed by atoms with Crippen LogP contribution in [-0.4, -0.2) is 84.4 Å². The van der Waals surface area contributed by atoms with Gasteiger partial charge in [0.05, 0.1) is 16.6 Å². The average Bonchev–Trinajstić information content (AvgIpc) is 3.27. The molecule has 250 valence electrons. The van der Waals surface area contributed by atoms with Crippen LogP contribution in [0.1, 0.15) is 36.0 Å². The molecule has 0 radical (unpaired) electrons. The van der Waals surface area contributed by atoms with Crippen molar-refractivity contribution >= 4 is 46.5 Å². The molecule has 10 nitrogen and oxygen atoms in total. The number of halogens is 1. The van der Waals surface area contributed by atoms with Crippen LogP contribution < -0.4 is 20.5 Å². The number of nitrogens with two attached hydrogens (primary N) is 1. The normalized spacial score (nSPS) is 17.6. The number of amides is 4. The highest BCUT2D eigenvalue weighted by molar-refractivity contribution is 6.33. The third kappa shape index (κ3) is 7.37. The number of carbonyl (C=O) groups is 3. The number of hydrogen-bond acceptors (Lipinski definition) is 5. The zero-order valence-corrected chi connectivity index (χ0v) is 28.2. The minimum absolute atomic E-state index is 0.0447. The van der Waals surface area contributed by atoms with E-state index in [4.69, 9.17) is 23.8 Å². The summed E-state index contributed by atoms with van der Waals surface area (Å²) >= 11 is 6.41. The number of terminal acetylenes is 1. The largest absolute Gasteiger partial charge is 0.397 e. The summed E-state index contributed by atoms with van der Waals surface area (Å²) < 4.78 is 1.99. The third-order valence-corrected chi connectivity index (χ3v) is 10.2. The Hall–Kier alpha value is -4.75. The molecule has 4 amide bonds. The first-order valence-electron chi connectivity index (χ1n) is 16.7. The molecule has 11 heteroatoms. The summed E-state index contributed by atoms with van der Waals surface area (Å²) in [6.07, 6.45) is 12.3. The topological polar surface area (TPSA) is 106 Å². The number of para-hydroxylation sites is 1. The Kier molecular flexibility index (Phi) is 10.1. The highest BCUT2D eigenvalue weighted by Gasteiger charge is 2.34. The molecule has 0 bridgehead atoms. The van der Waals surface area contributed by atoms with Gasteiger partial charge in [-0.1, -0.05) is 35.7 Å². The van der Waals surface area contributed by atoms with Crippen LogP contribution in [0.2, 0.25) is 5.02 Å². The fourth-order valence-electron chi connectivity index (χ4n) is 7.09. The number of nitrogens with one attached hydrogen (secondary N) is 1. The first kappa shape index (κ1) is 33.2. The number of rotatable bonds is 7. The number of hydrogen-bond donors (Lipinski definition) is 2. The SMILES string of the molecule is C#Cc1cc(C[C@@H](CC(=O)N2CCC(N3CCc4ccccc4NC3=O)CC2)C(=O)N2CCN(c3cc[n+](C)cc3)CC2)cc(Cl)c1N. The van der Waals surface area contributed by atoms with Crippen LogP contribution >= 0.6 is 11.6 Å². The van der Waals surface area contributed by atoms with E-state index in [-0.39, 0.29) is 30.3 Å². The smallest absolute Gasteiger partial charge is 0.322 e. The van der Waals surface area contributed by atoms with Gasteiger partial charge in [-0.2, -0.15) is 0 Å². The van der Waals surface area contributed by atoms with E-state index in [9.17, 15) is 14.4 Å². The van der Waals surface area contributed by atoms with Gasteiger partial charge in [0.1, 0.15) is 7.05 Å². The predicted molar refractivity (Wildman–Crippen MR) is 187 cm³/mol. The zero-order chi connectivity index (χ0) is 33.8. The number of likely N-dealkylation sites (tertiary alicyclic amines) is 1. The van der Waals surface area contributed by atoms with E-state index in [1.165, 1.54) is 0 Å². The fourth-order valence-corrected chi connectivity index (χ4v) is 7.34. The summed E-state index contributed by atoms with van der Waals surface area (Å²) in [5, 5.41) is 3.40. The lowest BCUT2D eigenvalue weighted by Gasteiger charge is -2.39. The maximum absolute atomic E-state index is 14.1. The number of anilines is 3. The molecule has 4 heterocycles. The lowest BCUT2D eigenvalue weighted by molar-refractivity contribution is -0.671. The summed E-state index contributed by atoms with van der Waals surface area (Å²) in [6, 6.07) is 15.5. The van der Waals surface area contributed by atoms with Gasteiger partial charge in [-0.15, -0.1) is 6.42 Å². The van der Waals surface area contributed by atoms with Crippen molar-refractivity contribution in [3.05, 3.63) is 82.6 Å². The molecule has 0 unspecified atom stereocenters. The second-order valence-corrected chi connectivity index (χ2v) is 13.4. The minimum atomic E-state index is -0.585. The summed E-state index contributed by atoms with van der Waals surface area (Å²) in [7, 11) is 1.98. The van der Waals surface area contributed by atoms with Gasteiger partial charge in [-0.3, -0.25) is 9.59 Å². The molecule has 1 aromatic heterocycles. The second kappa shape index (κ2) is 14.6. The molecule has 2 aromatic carbocycles. The summed E-state index contributed by atoms with van der Waals surface area (Å²) in [5.41, 5.74) is 10.8. The van der Waals surface area contributed by atoms with Crippen molar-refractivity contribution in [2.24, 2.45) is 13.0 Å². The number of nitrogens with zero attached hydrogens (tertiary/aromatic N) is 5. The number of piperazine rings is 1. The summed E-state index contributed by atoms with van der Waals surface area (Å²) in [6.45, 7) is 4.24. The number of urea groups is 1. The van der Waals surface area contributed by atoms with E-state index in [1.54, 1.807) is 12.1 Å².